The molecule has 0 aliphatic carbocycles. The second kappa shape index (κ2) is 6.57. The van der Waals surface area contributed by atoms with Crippen molar-refractivity contribution in [2.45, 2.75) is 13.0 Å². The smallest absolute Gasteiger partial charge is 0.166 e. The van der Waals surface area contributed by atoms with Crippen LogP contribution in [0.3, 0.4) is 0 Å². The molecule has 2 aromatic rings. The molecular formula is C16H16BrNO2. The molecule has 4 heteroatoms. The van der Waals surface area contributed by atoms with E-state index in [1.165, 1.54) is 7.11 Å². The van der Waals surface area contributed by atoms with Gasteiger partial charge in [0.15, 0.2) is 11.5 Å². The Hall–Kier alpha value is -1.81. The Labute approximate surface area is 127 Å². The molecule has 0 aromatic heterocycles. The Bertz CT molecular complexity index is 608. The summed E-state index contributed by atoms with van der Waals surface area (Å²) in [5, 5.41) is 9.99. The third kappa shape index (κ3) is 3.39. The summed E-state index contributed by atoms with van der Waals surface area (Å²) in [7, 11) is 1.53. The van der Waals surface area contributed by atoms with Crippen molar-refractivity contribution in [3.63, 3.8) is 0 Å². The van der Waals surface area contributed by atoms with Crippen LogP contribution in [0.4, 0.5) is 0 Å². The largest absolute Gasteiger partial charge is 0.504 e. The number of phenolic OH excluding ortho intramolecular Hbond substituents is 1. The Kier molecular flexibility index (Phi) is 4.79. The molecule has 0 fully saturated rings. The molecule has 2 rings (SSSR count). The second-order valence-electron chi connectivity index (χ2n) is 4.40. The second-order valence-corrected chi connectivity index (χ2v) is 5.32. The van der Waals surface area contributed by atoms with Crippen molar-refractivity contribution >= 4 is 22.1 Å². The van der Waals surface area contributed by atoms with E-state index >= 15 is 0 Å². The number of halogens is 1. The third-order valence-corrected chi connectivity index (χ3v) is 3.57. The monoisotopic (exact) mass is 333 g/mol. The minimum Gasteiger partial charge on any atom is -0.504 e. The molecule has 3 nitrogen and oxygen atoms in total. The minimum absolute atomic E-state index is 0.0219. The topological polar surface area (TPSA) is 41.8 Å². The number of hydrogen-bond acceptors (Lipinski definition) is 3. The number of rotatable bonds is 4. The van der Waals surface area contributed by atoms with Gasteiger partial charge in [-0.25, -0.2) is 0 Å². The van der Waals surface area contributed by atoms with Crippen LogP contribution in [0.2, 0.25) is 0 Å². The third-order valence-electron chi connectivity index (χ3n) is 3.04. The first-order valence-corrected chi connectivity index (χ1v) is 7.05. The summed E-state index contributed by atoms with van der Waals surface area (Å²) in [5.74, 6) is 0.562. The lowest BCUT2D eigenvalue weighted by Crippen LogP contribution is -1.92. The van der Waals surface area contributed by atoms with Crippen molar-refractivity contribution < 1.29 is 9.84 Å². The average molecular weight is 334 g/mol. The van der Waals surface area contributed by atoms with Crippen LogP contribution < -0.4 is 4.74 Å². The number of ether oxygens (including phenoxy) is 1. The molecule has 0 radical (unpaired) electrons. The van der Waals surface area contributed by atoms with E-state index in [-0.39, 0.29) is 11.8 Å². The van der Waals surface area contributed by atoms with Crippen LogP contribution in [0.25, 0.3) is 0 Å². The highest BCUT2D eigenvalue weighted by molar-refractivity contribution is 9.10. The molecule has 0 aliphatic heterocycles. The Balaban J connectivity index is 2.19. The fraction of sp³-hybridized carbons (Fsp3) is 0.188. The molecule has 0 saturated heterocycles. The highest BCUT2D eigenvalue weighted by atomic mass is 79.9. The lowest BCUT2D eigenvalue weighted by Gasteiger charge is -2.08. The molecule has 0 heterocycles. The van der Waals surface area contributed by atoms with Gasteiger partial charge in [0.05, 0.1) is 13.2 Å². The van der Waals surface area contributed by atoms with Crippen molar-refractivity contribution in [2.24, 2.45) is 4.99 Å². The number of hydrogen-bond donors (Lipinski definition) is 1. The molecule has 104 valence electrons. The van der Waals surface area contributed by atoms with E-state index in [1.807, 2.05) is 37.3 Å². The summed E-state index contributed by atoms with van der Waals surface area (Å²) in [6.45, 7) is 2.01. The Morgan fingerprint density at radius 2 is 1.90 bits per heavy atom. The van der Waals surface area contributed by atoms with Crippen molar-refractivity contribution in [3.8, 4) is 11.5 Å². The van der Waals surface area contributed by atoms with Gasteiger partial charge in [-0.15, -0.1) is 0 Å². The summed E-state index contributed by atoms with van der Waals surface area (Å²) in [5.41, 5.74) is 1.76. The number of aliphatic imine (C=N–C) groups is 1. The number of methoxy groups -OCH3 is 1. The maximum Gasteiger partial charge on any atom is 0.166 e. The zero-order chi connectivity index (χ0) is 14.5. The number of aromatic hydroxyl groups is 1. The molecule has 2 aromatic carbocycles. The highest BCUT2D eigenvalue weighted by Gasteiger charge is 2.06. The van der Waals surface area contributed by atoms with Crippen LogP contribution in [0, 0.1) is 0 Å². The van der Waals surface area contributed by atoms with Crippen LogP contribution in [0.15, 0.2) is 51.9 Å². The molecule has 0 bridgehead atoms. The van der Waals surface area contributed by atoms with Gasteiger partial charge in [0.25, 0.3) is 0 Å². The van der Waals surface area contributed by atoms with E-state index < -0.39 is 0 Å². The predicted octanol–water partition coefficient (Wildman–Crippen LogP) is 4.34. The van der Waals surface area contributed by atoms with E-state index in [0.717, 1.165) is 10.0 Å². The molecule has 0 aliphatic rings. The Morgan fingerprint density at radius 3 is 2.55 bits per heavy atom. The highest BCUT2D eigenvalue weighted by Crippen LogP contribution is 2.28. The van der Waals surface area contributed by atoms with Gasteiger partial charge < -0.3 is 9.84 Å². The molecular weight excluding hydrogens is 318 g/mol. The normalized spacial score (nSPS) is 12.6. The molecule has 0 amide bonds. The van der Waals surface area contributed by atoms with Crippen LogP contribution >= 0.6 is 15.9 Å². The van der Waals surface area contributed by atoms with Crippen molar-refractivity contribution in [3.05, 3.63) is 58.1 Å². The zero-order valence-corrected chi connectivity index (χ0v) is 13.0. The molecule has 20 heavy (non-hydrogen) atoms. The molecule has 0 unspecified atom stereocenters. The number of phenols is 1. The van der Waals surface area contributed by atoms with Gasteiger partial charge in [-0.05, 0) is 36.8 Å². The maximum atomic E-state index is 9.99. The first-order chi connectivity index (χ1) is 9.61. The van der Waals surface area contributed by atoms with Gasteiger partial charge in [-0.1, -0.05) is 34.1 Å². The van der Waals surface area contributed by atoms with E-state index in [2.05, 4.69) is 20.9 Å². The molecule has 1 N–H and O–H groups in total. The number of para-hydroxylation sites is 1. The quantitative estimate of drug-likeness (QED) is 0.845. The minimum atomic E-state index is 0.0219. The lowest BCUT2D eigenvalue weighted by molar-refractivity contribution is 0.373. The molecule has 1 atom stereocenters. The molecule has 0 spiro atoms. The summed E-state index contributed by atoms with van der Waals surface area (Å²) >= 11 is 3.41. The van der Waals surface area contributed by atoms with Gasteiger partial charge in [0.1, 0.15) is 0 Å². The van der Waals surface area contributed by atoms with Crippen LogP contribution in [-0.2, 0) is 0 Å². The van der Waals surface area contributed by atoms with E-state index in [1.54, 1.807) is 18.3 Å². The number of nitrogens with zero attached hydrogens (tertiary/aromatic N) is 1. The van der Waals surface area contributed by atoms with Crippen LogP contribution in [-0.4, -0.2) is 18.4 Å². The predicted molar refractivity (Wildman–Crippen MR) is 84.8 cm³/mol. The summed E-state index contributed by atoms with van der Waals surface area (Å²) < 4.78 is 6.12. The lowest BCUT2D eigenvalue weighted by atomic mass is 10.1. The maximum absolute atomic E-state index is 9.99. The van der Waals surface area contributed by atoms with Crippen molar-refractivity contribution in [1.29, 1.82) is 0 Å². The Morgan fingerprint density at radius 1 is 1.20 bits per heavy atom. The fourth-order valence-electron chi connectivity index (χ4n) is 1.83. The average Bonchev–Trinajstić information content (AvgIpc) is 2.46. The standard InChI is InChI=1S/C16H16BrNO2/c1-11(12-6-8-14(17)9-7-12)18-10-13-4-3-5-15(20-2)16(13)19/h3-11,19H,1-2H3/t11-/m1/s1. The van der Waals surface area contributed by atoms with Gasteiger partial charge in [-0.2, -0.15) is 0 Å². The number of benzene rings is 2. The first kappa shape index (κ1) is 14.6. The SMILES string of the molecule is COc1cccc(C=N[C@H](C)c2ccc(Br)cc2)c1O. The zero-order valence-electron chi connectivity index (χ0n) is 11.4. The summed E-state index contributed by atoms with van der Waals surface area (Å²) in [6, 6.07) is 13.4. The summed E-state index contributed by atoms with van der Waals surface area (Å²) in [6.07, 6.45) is 1.67. The van der Waals surface area contributed by atoms with Crippen molar-refractivity contribution in [1.82, 2.24) is 0 Å². The van der Waals surface area contributed by atoms with Crippen LogP contribution in [0.5, 0.6) is 11.5 Å². The van der Waals surface area contributed by atoms with Crippen molar-refractivity contribution in [2.75, 3.05) is 7.11 Å². The molecule has 0 saturated carbocycles. The van der Waals surface area contributed by atoms with Crippen LogP contribution in [0.1, 0.15) is 24.1 Å². The summed E-state index contributed by atoms with van der Waals surface area (Å²) in [4.78, 5) is 4.47. The van der Waals surface area contributed by atoms with Gasteiger partial charge >= 0.3 is 0 Å². The van der Waals surface area contributed by atoms with E-state index in [0.29, 0.717) is 11.3 Å². The first-order valence-electron chi connectivity index (χ1n) is 6.26. The van der Waals surface area contributed by atoms with Gasteiger partial charge in [-0.3, -0.25) is 4.99 Å². The van der Waals surface area contributed by atoms with Gasteiger partial charge in [0, 0.05) is 16.3 Å². The van der Waals surface area contributed by atoms with Gasteiger partial charge in [0.2, 0.25) is 0 Å². The van der Waals surface area contributed by atoms with E-state index in [4.69, 9.17) is 4.74 Å². The fourth-order valence-corrected chi connectivity index (χ4v) is 2.09. The van der Waals surface area contributed by atoms with E-state index in [9.17, 15) is 5.11 Å².